The number of nitrogens with one attached hydrogen (secondary N) is 1. The molecule has 5 heteroatoms. The van der Waals surface area contributed by atoms with E-state index in [1.54, 1.807) is 14.2 Å². The van der Waals surface area contributed by atoms with Crippen molar-refractivity contribution < 1.29 is 9.47 Å². The van der Waals surface area contributed by atoms with Crippen LogP contribution in [0.2, 0.25) is 5.02 Å². The zero-order valence-corrected chi connectivity index (χ0v) is 14.7. The molecular weight excluding hydrogens is 300 g/mol. The van der Waals surface area contributed by atoms with Gasteiger partial charge in [-0.15, -0.1) is 0 Å². The lowest BCUT2D eigenvalue weighted by Gasteiger charge is -2.26. The third kappa shape index (κ3) is 3.67. The molecule has 1 aliphatic heterocycles. The fourth-order valence-electron chi connectivity index (χ4n) is 3.31. The fraction of sp³-hybridized carbons (Fsp3) is 0.647. The molecule has 2 atom stereocenters. The van der Waals surface area contributed by atoms with Gasteiger partial charge in [-0.2, -0.15) is 0 Å². The van der Waals surface area contributed by atoms with Crippen molar-refractivity contribution in [2.24, 2.45) is 0 Å². The van der Waals surface area contributed by atoms with Crippen molar-refractivity contribution in [1.82, 2.24) is 10.2 Å². The Labute approximate surface area is 138 Å². The predicted octanol–water partition coefficient (Wildman–Crippen LogP) is 3.49. The highest BCUT2D eigenvalue weighted by atomic mass is 35.5. The Morgan fingerprint density at radius 3 is 2.77 bits per heavy atom. The van der Waals surface area contributed by atoms with Crippen LogP contribution in [-0.2, 0) is 0 Å². The highest BCUT2D eigenvalue weighted by Crippen LogP contribution is 2.39. The summed E-state index contributed by atoms with van der Waals surface area (Å²) in [4.78, 5) is 2.53. The van der Waals surface area contributed by atoms with E-state index < -0.39 is 0 Å². The van der Waals surface area contributed by atoms with Crippen molar-refractivity contribution in [3.63, 3.8) is 0 Å². The SMILES string of the molecule is CCN1CCCC1CNC(C)c1c(OC)ccc(Cl)c1OC. The minimum Gasteiger partial charge on any atom is -0.496 e. The van der Waals surface area contributed by atoms with Crippen LogP contribution in [0.25, 0.3) is 0 Å². The monoisotopic (exact) mass is 326 g/mol. The summed E-state index contributed by atoms with van der Waals surface area (Å²) in [6, 6.07) is 4.43. The number of ether oxygens (including phenoxy) is 2. The number of likely N-dealkylation sites (N-methyl/N-ethyl adjacent to an activating group) is 1. The van der Waals surface area contributed by atoms with E-state index in [0.717, 1.165) is 24.4 Å². The van der Waals surface area contributed by atoms with Gasteiger partial charge in [-0.25, -0.2) is 0 Å². The quantitative estimate of drug-likeness (QED) is 0.831. The summed E-state index contributed by atoms with van der Waals surface area (Å²) in [5.41, 5.74) is 0.985. The van der Waals surface area contributed by atoms with Gasteiger partial charge in [-0.05, 0) is 45.0 Å². The van der Waals surface area contributed by atoms with Crippen LogP contribution < -0.4 is 14.8 Å². The molecule has 0 amide bonds. The summed E-state index contributed by atoms with van der Waals surface area (Å²) in [6.07, 6.45) is 2.55. The van der Waals surface area contributed by atoms with Crippen molar-refractivity contribution >= 4 is 11.6 Å². The molecule has 1 aliphatic rings. The van der Waals surface area contributed by atoms with Crippen LogP contribution >= 0.6 is 11.6 Å². The molecule has 4 nitrogen and oxygen atoms in total. The number of hydrogen-bond acceptors (Lipinski definition) is 4. The number of methoxy groups -OCH3 is 2. The van der Waals surface area contributed by atoms with Crippen molar-refractivity contribution in [1.29, 1.82) is 0 Å². The van der Waals surface area contributed by atoms with Crippen LogP contribution in [0.4, 0.5) is 0 Å². The Morgan fingerprint density at radius 2 is 2.14 bits per heavy atom. The Hall–Kier alpha value is -0.970. The molecule has 1 aromatic carbocycles. The number of hydrogen-bond donors (Lipinski definition) is 1. The van der Waals surface area contributed by atoms with Crippen LogP contribution in [0, 0.1) is 0 Å². The molecule has 0 radical (unpaired) electrons. The maximum absolute atomic E-state index is 6.26. The first-order valence-electron chi connectivity index (χ1n) is 8.00. The third-order valence-corrected chi connectivity index (χ3v) is 4.83. The number of nitrogens with zero attached hydrogens (tertiary/aromatic N) is 1. The van der Waals surface area contributed by atoms with Gasteiger partial charge in [0.25, 0.3) is 0 Å². The van der Waals surface area contributed by atoms with Gasteiger partial charge < -0.3 is 14.8 Å². The zero-order chi connectivity index (χ0) is 16.1. The number of benzene rings is 1. The molecule has 0 aromatic heterocycles. The molecular formula is C17H27ClN2O2. The van der Waals surface area contributed by atoms with E-state index in [2.05, 4.69) is 24.1 Å². The molecule has 1 fully saturated rings. The minimum absolute atomic E-state index is 0.114. The molecule has 1 N–H and O–H groups in total. The number of rotatable bonds is 7. The summed E-state index contributed by atoms with van der Waals surface area (Å²) in [5, 5.41) is 4.24. The Balaban J connectivity index is 2.11. The number of halogens is 1. The van der Waals surface area contributed by atoms with Gasteiger partial charge in [0.05, 0.1) is 24.8 Å². The average Bonchev–Trinajstić information content (AvgIpc) is 2.99. The summed E-state index contributed by atoms with van der Waals surface area (Å²) < 4.78 is 11.0. The molecule has 1 aromatic rings. The summed E-state index contributed by atoms with van der Waals surface area (Å²) >= 11 is 6.26. The second-order valence-corrected chi connectivity index (χ2v) is 6.16. The van der Waals surface area contributed by atoms with Crippen molar-refractivity contribution in [3.05, 3.63) is 22.7 Å². The summed E-state index contributed by atoms with van der Waals surface area (Å²) in [6.45, 7) is 7.64. The fourth-order valence-corrected chi connectivity index (χ4v) is 3.55. The lowest BCUT2D eigenvalue weighted by atomic mass is 10.0. The second kappa shape index (κ2) is 8.04. The number of likely N-dealkylation sites (tertiary alicyclic amines) is 1. The Morgan fingerprint density at radius 1 is 1.36 bits per heavy atom. The van der Waals surface area contributed by atoms with Gasteiger partial charge >= 0.3 is 0 Å². The molecule has 0 saturated carbocycles. The van der Waals surface area contributed by atoms with Crippen LogP contribution in [-0.4, -0.2) is 44.8 Å². The van der Waals surface area contributed by atoms with Crippen molar-refractivity contribution in [2.45, 2.75) is 38.8 Å². The van der Waals surface area contributed by atoms with E-state index in [9.17, 15) is 0 Å². The van der Waals surface area contributed by atoms with Crippen molar-refractivity contribution in [3.8, 4) is 11.5 Å². The lowest BCUT2D eigenvalue weighted by Crippen LogP contribution is -2.38. The summed E-state index contributed by atoms with van der Waals surface area (Å²) in [5.74, 6) is 1.50. The van der Waals surface area contributed by atoms with Gasteiger partial charge in [-0.1, -0.05) is 18.5 Å². The first-order chi connectivity index (χ1) is 10.6. The minimum atomic E-state index is 0.114. The Bertz CT molecular complexity index is 496. The van der Waals surface area contributed by atoms with Crippen LogP contribution in [0.3, 0.4) is 0 Å². The highest BCUT2D eigenvalue weighted by molar-refractivity contribution is 6.32. The molecule has 2 rings (SSSR count). The highest BCUT2D eigenvalue weighted by Gasteiger charge is 2.25. The van der Waals surface area contributed by atoms with Gasteiger partial charge in [0.1, 0.15) is 11.5 Å². The van der Waals surface area contributed by atoms with E-state index in [0.29, 0.717) is 16.8 Å². The van der Waals surface area contributed by atoms with Crippen molar-refractivity contribution in [2.75, 3.05) is 33.9 Å². The summed E-state index contributed by atoms with van der Waals surface area (Å²) in [7, 11) is 3.32. The maximum atomic E-state index is 6.26. The first kappa shape index (κ1) is 17.4. The largest absolute Gasteiger partial charge is 0.496 e. The normalized spacial score (nSPS) is 20.1. The van der Waals surface area contributed by atoms with Crippen LogP contribution in [0.15, 0.2) is 12.1 Å². The molecule has 0 aliphatic carbocycles. The first-order valence-corrected chi connectivity index (χ1v) is 8.37. The molecule has 124 valence electrons. The second-order valence-electron chi connectivity index (χ2n) is 5.75. The molecule has 0 bridgehead atoms. The van der Waals surface area contributed by atoms with Gasteiger partial charge in [-0.3, -0.25) is 4.90 Å². The molecule has 22 heavy (non-hydrogen) atoms. The smallest absolute Gasteiger partial charge is 0.145 e. The van der Waals surface area contributed by atoms with E-state index in [1.165, 1.54) is 19.4 Å². The van der Waals surface area contributed by atoms with Crippen LogP contribution in [0.1, 0.15) is 38.3 Å². The van der Waals surface area contributed by atoms with Gasteiger partial charge in [0.2, 0.25) is 0 Å². The van der Waals surface area contributed by atoms with Gasteiger partial charge in [0.15, 0.2) is 0 Å². The molecule has 1 saturated heterocycles. The molecule has 2 unspecified atom stereocenters. The lowest BCUT2D eigenvalue weighted by molar-refractivity contribution is 0.254. The van der Waals surface area contributed by atoms with Gasteiger partial charge in [0, 0.05) is 18.6 Å². The van der Waals surface area contributed by atoms with Crippen LogP contribution in [0.5, 0.6) is 11.5 Å². The van der Waals surface area contributed by atoms with E-state index in [-0.39, 0.29) is 6.04 Å². The predicted molar refractivity (Wildman–Crippen MR) is 91.2 cm³/mol. The molecule has 1 heterocycles. The molecule has 0 spiro atoms. The van der Waals surface area contributed by atoms with E-state index in [4.69, 9.17) is 21.1 Å². The maximum Gasteiger partial charge on any atom is 0.145 e. The van der Waals surface area contributed by atoms with E-state index in [1.807, 2.05) is 12.1 Å². The third-order valence-electron chi connectivity index (χ3n) is 4.53. The topological polar surface area (TPSA) is 33.7 Å². The Kier molecular flexibility index (Phi) is 6.36. The average molecular weight is 327 g/mol. The zero-order valence-electron chi connectivity index (χ0n) is 14.0. The standard InChI is InChI=1S/C17H27ClN2O2/c1-5-20-10-6-7-13(20)11-19-12(2)16-15(21-3)9-8-14(18)17(16)22-4/h8-9,12-13,19H,5-7,10-11H2,1-4H3. The van der Waals surface area contributed by atoms with E-state index >= 15 is 0 Å².